The van der Waals surface area contributed by atoms with E-state index in [4.69, 9.17) is 9.98 Å². The van der Waals surface area contributed by atoms with E-state index in [1.807, 2.05) is 56.3 Å². The lowest BCUT2D eigenvalue weighted by Crippen LogP contribution is -2.03. The molecule has 0 saturated heterocycles. The first-order chi connectivity index (χ1) is 19.4. The van der Waals surface area contributed by atoms with Crippen molar-refractivity contribution in [1.82, 2.24) is 4.98 Å². The summed E-state index contributed by atoms with van der Waals surface area (Å²) in [4.78, 5) is 10.2. The largest absolute Gasteiger partial charge is 0.251 e. The number of allylic oxidation sites excluding steroid dienone is 6. The van der Waals surface area contributed by atoms with Gasteiger partial charge in [-0.2, -0.15) is 0 Å². The number of rotatable bonds is 9. The van der Waals surface area contributed by atoms with Crippen molar-refractivity contribution in [3.63, 3.8) is 0 Å². The van der Waals surface area contributed by atoms with E-state index in [2.05, 4.69) is 118 Å². The Bertz CT molecular complexity index is 1630. The number of pyridine rings is 1. The predicted octanol–water partition coefficient (Wildman–Crippen LogP) is 11.2. The lowest BCUT2D eigenvalue weighted by atomic mass is 10.0. The van der Waals surface area contributed by atoms with E-state index in [0.29, 0.717) is 0 Å². The molecule has 0 radical (unpaired) electrons. The maximum atomic E-state index is 5.14. The summed E-state index contributed by atoms with van der Waals surface area (Å²) in [5.74, 6) is 0. The van der Waals surface area contributed by atoms with Crippen LogP contribution in [0.1, 0.15) is 49.7 Å². The van der Waals surface area contributed by atoms with Crippen molar-refractivity contribution in [2.24, 2.45) is 4.99 Å². The van der Waals surface area contributed by atoms with Crippen LogP contribution in [0.2, 0.25) is 0 Å². The fourth-order valence-corrected chi connectivity index (χ4v) is 5.03. The number of halogens is 2. The van der Waals surface area contributed by atoms with Gasteiger partial charge in [0.15, 0.2) is 0 Å². The lowest BCUT2D eigenvalue weighted by Gasteiger charge is -2.12. The fraction of sp³-hybridized carbons (Fsp3) is 0.111. The summed E-state index contributed by atoms with van der Waals surface area (Å²) in [6.45, 7) is 10.6. The molecule has 4 heteroatoms. The van der Waals surface area contributed by atoms with E-state index < -0.39 is 0 Å². The van der Waals surface area contributed by atoms with Crippen LogP contribution in [0.3, 0.4) is 0 Å². The smallest absolute Gasteiger partial charge is 0.0855 e. The topological polar surface area (TPSA) is 25.2 Å². The molecule has 1 heterocycles. The van der Waals surface area contributed by atoms with Crippen LogP contribution in [-0.4, -0.2) is 10.7 Å². The van der Waals surface area contributed by atoms with Gasteiger partial charge in [-0.25, -0.2) is 4.98 Å². The monoisotopic (exact) mass is 650 g/mol. The average molecular weight is 652 g/mol. The second-order valence-electron chi connectivity index (χ2n) is 9.32. The highest BCUT2D eigenvalue weighted by molar-refractivity contribution is 9.10. The first kappa shape index (κ1) is 29.4. The average Bonchev–Trinajstić information content (AvgIpc) is 2.97. The predicted molar refractivity (Wildman–Crippen MR) is 180 cm³/mol. The molecule has 0 amide bonds. The second kappa shape index (κ2) is 14.2. The molecule has 0 spiro atoms. The molecule has 0 atom stereocenters. The third kappa shape index (κ3) is 7.74. The highest BCUT2D eigenvalue weighted by Crippen LogP contribution is 2.29. The minimum Gasteiger partial charge on any atom is -0.251 e. The molecule has 3 aromatic carbocycles. The normalized spacial score (nSPS) is 12.7. The zero-order valence-corrected chi connectivity index (χ0v) is 26.2. The summed E-state index contributed by atoms with van der Waals surface area (Å²) >= 11 is 7.20. The molecule has 0 aliphatic heterocycles. The molecule has 0 aliphatic carbocycles. The van der Waals surface area contributed by atoms with E-state index in [1.54, 1.807) is 0 Å². The summed E-state index contributed by atoms with van der Waals surface area (Å²) in [7, 11) is 0. The number of benzene rings is 3. The Morgan fingerprint density at radius 1 is 0.825 bits per heavy atom. The minimum atomic E-state index is 0.824. The number of hydrogen-bond acceptors (Lipinski definition) is 2. The second-order valence-corrected chi connectivity index (χ2v) is 11.2. The quantitative estimate of drug-likeness (QED) is 0.131. The van der Waals surface area contributed by atoms with Crippen molar-refractivity contribution < 1.29 is 0 Å². The first-order valence-electron chi connectivity index (χ1n) is 13.3. The van der Waals surface area contributed by atoms with Gasteiger partial charge in [-0.15, -0.1) is 0 Å². The van der Waals surface area contributed by atoms with Crippen LogP contribution < -0.4 is 0 Å². The lowest BCUT2D eigenvalue weighted by molar-refractivity contribution is 1.21. The SMILES string of the molecule is C=C(/C=C(\N=C(C)c1cc(-c2cccc(Br)c2)cc(C(/C=C\CC)=C/C)n1)c1ccccc1)c1cccc(Br)c1. The van der Waals surface area contributed by atoms with Crippen molar-refractivity contribution in [3.8, 4) is 11.1 Å². The Balaban J connectivity index is 1.86. The van der Waals surface area contributed by atoms with Crippen molar-refractivity contribution in [1.29, 1.82) is 0 Å². The van der Waals surface area contributed by atoms with Gasteiger partial charge >= 0.3 is 0 Å². The van der Waals surface area contributed by atoms with Crippen LogP contribution >= 0.6 is 31.9 Å². The van der Waals surface area contributed by atoms with Crippen molar-refractivity contribution in [3.05, 3.63) is 153 Å². The van der Waals surface area contributed by atoms with Gasteiger partial charge in [0, 0.05) is 14.5 Å². The summed E-state index contributed by atoms with van der Waals surface area (Å²) in [5.41, 5.74) is 9.61. The van der Waals surface area contributed by atoms with E-state index in [-0.39, 0.29) is 0 Å². The molecule has 1 aromatic heterocycles. The Hall–Kier alpha value is -3.60. The van der Waals surface area contributed by atoms with E-state index in [9.17, 15) is 0 Å². The molecule has 0 fully saturated rings. The zero-order valence-electron chi connectivity index (χ0n) is 23.0. The molecule has 0 aliphatic rings. The minimum absolute atomic E-state index is 0.824. The Kier molecular flexibility index (Phi) is 10.4. The van der Waals surface area contributed by atoms with E-state index in [1.165, 1.54) is 0 Å². The summed E-state index contributed by atoms with van der Waals surface area (Å²) in [6.07, 6.45) is 9.41. The Labute approximate surface area is 254 Å². The third-order valence-corrected chi connectivity index (χ3v) is 7.34. The van der Waals surface area contributed by atoms with Gasteiger partial charge in [0.25, 0.3) is 0 Å². The highest BCUT2D eigenvalue weighted by Gasteiger charge is 2.12. The van der Waals surface area contributed by atoms with E-state index >= 15 is 0 Å². The molecular weight excluding hydrogens is 620 g/mol. The maximum absolute atomic E-state index is 5.14. The standard InChI is InChI=1S/C36H32Br2N2/c1-5-7-13-27(6-2)36-24-31(30-17-12-19-33(38)22-30)23-34(40-36)26(4)39-35(28-14-9-8-10-15-28)20-25(3)29-16-11-18-32(37)21-29/h6-24H,3,5H2,1-2,4H3/b13-7-,27-6+,35-20-,39-26?. The molecule has 0 bridgehead atoms. The molecule has 4 aromatic rings. The van der Waals surface area contributed by atoms with Gasteiger partial charge in [-0.1, -0.05) is 118 Å². The molecule has 0 N–H and O–H groups in total. The zero-order chi connectivity index (χ0) is 28.5. The van der Waals surface area contributed by atoms with E-state index in [0.717, 1.165) is 71.6 Å². The van der Waals surface area contributed by atoms with Crippen LogP contribution in [0.15, 0.2) is 136 Å². The fourth-order valence-electron chi connectivity index (χ4n) is 4.24. The Morgan fingerprint density at radius 3 is 2.17 bits per heavy atom. The first-order valence-corrected chi connectivity index (χ1v) is 14.9. The molecule has 200 valence electrons. The highest BCUT2D eigenvalue weighted by atomic mass is 79.9. The van der Waals surface area contributed by atoms with Gasteiger partial charge in [0.05, 0.1) is 22.8 Å². The van der Waals surface area contributed by atoms with Gasteiger partial charge in [-0.3, -0.25) is 4.99 Å². The van der Waals surface area contributed by atoms with Crippen LogP contribution in [0, 0.1) is 0 Å². The van der Waals surface area contributed by atoms with Crippen molar-refractivity contribution in [2.75, 3.05) is 0 Å². The number of nitrogens with zero attached hydrogens (tertiary/aromatic N) is 2. The van der Waals surface area contributed by atoms with Gasteiger partial charge in [0.2, 0.25) is 0 Å². The van der Waals surface area contributed by atoms with Crippen LogP contribution in [0.25, 0.3) is 28.0 Å². The summed E-state index contributed by atoms with van der Waals surface area (Å²) in [6, 6.07) is 31.0. The summed E-state index contributed by atoms with van der Waals surface area (Å²) in [5, 5.41) is 0. The van der Waals surface area contributed by atoms with Crippen molar-refractivity contribution in [2.45, 2.75) is 27.2 Å². The number of hydrogen-bond donors (Lipinski definition) is 0. The number of aromatic nitrogens is 1. The summed E-state index contributed by atoms with van der Waals surface area (Å²) < 4.78 is 2.05. The molecule has 4 rings (SSSR count). The van der Waals surface area contributed by atoms with Crippen LogP contribution in [-0.2, 0) is 0 Å². The van der Waals surface area contributed by atoms with Crippen LogP contribution in [0.4, 0.5) is 0 Å². The Morgan fingerprint density at radius 2 is 1.50 bits per heavy atom. The maximum Gasteiger partial charge on any atom is 0.0855 e. The molecule has 0 saturated carbocycles. The molecule has 2 nitrogen and oxygen atoms in total. The number of aliphatic imine (C=N–C) groups is 1. The van der Waals surface area contributed by atoms with Gasteiger partial charge in [-0.05, 0) is 90.6 Å². The molecular formula is C36H32Br2N2. The van der Waals surface area contributed by atoms with Crippen LogP contribution in [0.5, 0.6) is 0 Å². The third-order valence-electron chi connectivity index (χ3n) is 6.36. The van der Waals surface area contributed by atoms with Crippen molar-refractivity contribution >= 4 is 54.4 Å². The molecule has 40 heavy (non-hydrogen) atoms. The van der Waals surface area contributed by atoms with Gasteiger partial charge in [0.1, 0.15) is 0 Å². The molecule has 0 unspecified atom stereocenters. The van der Waals surface area contributed by atoms with Gasteiger partial charge < -0.3 is 0 Å².